The average molecular weight is 367 g/mol. The van der Waals surface area contributed by atoms with Gasteiger partial charge < -0.3 is 4.84 Å². The summed E-state index contributed by atoms with van der Waals surface area (Å²) in [6.07, 6.45) is 7.51. The van der Waals surface area contributed by atoms with Crippen molar-refractivity contribution in [1.29, 1.82) is 0 Å². The Morgan fingerprint density at radius 3 is 2.72 bits per heavy atom. The van der Waals surface area contributed by atoms with Gasteiger partial charge in [0.05, 0.1) is 5.56 Å². The molecule has 5 nitrogen and oxygen atoms in total. The highest BCUT2D eigenvalue weighted by atomic mass is 35.5. The fraction of sp³-hybridized carbons (Fsp3) is 0.471. The van der Waals surface area contributed by atoms with Crippen molar-refractivity contribution in [2.24, 2.45) is 5.16 Å². The van der Waals surface area contributed by atoms with E-state index in [0.29, 0.717) is 6.42 Å². The predicted molar refractivity (Wildman–Crippen MR) is 88.6 cm³/mol. The number of rotatable bonds is 3. The Morgan fingerprint density at radius 2 is 2.04 bits per heavy atom. The number of nitrogens with zero attached hydrogens (tertiary/aromatic N) is 4. The van der Waals surface area contributed by atoms with Crippen molar-refractivity contribution in [3.05, 3.63) is 47.3 Å². The second kappa shape index (κ2) is 6.05. The lowest BCUT2D eigenvalue weighted by Crippen LogP contribution is -2.42. The molecule has 0 radical (unpaired) electrons. The Hall–Kier alpha value is -2.02. The van der Waals surface area contributed by atoms with Gasteiger partial charge in [0, 0.05) is 11.4 Å². The van der Waals surface area contributed by atoms with Gasteiger partial charge in [0.1, 0.15) is 29.8 Å². The zero-order valence-corrected chi connectivity index (χ0v) is 14.2. The summed E-state index contributed by atoms with van der Waals surface area (Å²) >= 11 is 5.82. The lowest BCUT2D eigenvalue weighted by Gasteiger charge is -2.31. The Labute approximate surface area is 148 Å². The van der Waals surface area contributed by atoms with Crippen LogP contribution in [0.4, 0.5) is 8.78 Å². The zero-order valence-electron chi connectivity index (χ0n) is 13.5. The largest absolute Gasteiger partial charge is 0.389 e. The maximum atomic E-state index is 16.3. The summed E-state index contributed by atoms with van der Waals surface area (Å²) in [5.74, 6) is -3.18. The molecular weight excluding hydrogens is 350 g/mol. The molecule has 0 amide bonds. The number of benzene rings is 1. The minimum absolute atomic E-state index is 0.0983. The number of halogens is 3. The molecule has 1 aromatic heterocycles. The zero-order chi connectivity index (χ0) is 17.5. The van der Waals surface area contributed by atoms with E-state index in [4.69, 9.17) is 16.4 Å². The van der Waals surface area contributed by atoms with Crippen LogP contribution in [-0.4, -0.2) is 26.1 Å². The third kappa shape index (κ3) is 2.70. The van der Waals surface area contributed by atoms with E-state index in [1.165, 1.54) is 24.8 Å². The number of hydrogen-bond donors (Lipinski definition) is 0. The molecule has 4 rings (SSSR count). The molecule has 2 heterocycles. The normalized spacial score (nSPS) is 21.6. The minimum Gasteiger partial charge on any atom is -0.389 e. The summed E-state index contributed by atoms with van der Waals surface area (Å²) in [4.78, 5) is 9.47. The molecule has 1 unspecified atom stereocenters. The second-order valence-corrected chi connectivity index (χ2v) is 7.07. The quantitative estimate of drug-likeness (QED) is 0.817. The maximum Gasteiger partial charge on any atom is 0.273 e. The van der Waals surface area contributed by atoms with E-state index in [0.717, 1.165) is 42.9 Å². The Morgan fingerprint density at radius 1 is 1.24 bits per heavy atom. The van der Waals surface area contributed by atoms with Crippen molar-refractivity contribution in [3.8, 4) is 0 Å². The van der Waals surface area contributed by atoms with Crippen molar-refractivity contribution in [1.82, 2.24) is 14.8 Å². The first-order valence-electron chi connectivity index (χ1n) is 8.29. The van der Waals surface area contributed by atoms with Gasteiger partial charge >= 0.3 is 0 Å². The molecule has 2 aliphatic rings. The highest BCUT2D eigenvalue weighted by Gasteiger charge is 2.51. The molecule has 1 aliphatic carbocycles. The van der Waals surface area contributed by atoms with Gasteiger partial charge in [-0.3, -0.25) is 0 Å². The van der Waals surface area contributed by atoms with Gasteiger partial charge in [-0.2, -0.15) is 5.10 Å². The van der Waals surface area contributed by atoms with E-state index < -0.39 is 17.2 Å². The van der Waals surface area contributed by atoms with Crippen molar-refractivity contribution >= 4 is 17.3 Å². The molecule has 0 saturated heterocycles. The molecule has 1 aromatic carbocycles. The first-order valence-corrected chi connectivity index (χ1v) is 8.66. The van der Waals surface area contributed by atoms with E-state index in [2.05, 4.69) is 15.2 Å². The van der Waals surface area contributed by atoms with Crippen LogP contribution < -0.4 is 0 Å². The summed E-state index contributed by atoms with van der Waals surface area (Å²) in [6.45, 7) is 0. The first-order chi connectivity index (χ1) is 12.0. The fourth-order valence-corrected chi connectivity index (χ4v) is 3.86. The number of oxime groups is 1. The van der Waals surface area contributed by atoms with Crippen molar-refractivity contribution in [3.63, 3.8) is 0 Å². The summed E-state index contributed by atoms with van der Waals surface area (Å²) in [7, 11) is 0. The van der Waals surface area contributed by atoms with Crippen LogP contribution in [0, 0.1) is 5.82 Å². The van der Waals surface area contributed by atoms with Gasteiger partial charge in [0.2, 0.25) is 0 Å². The van der Waals surface area contributed by atoms with Crippen molar-refractivity contribution in [2.45, 2.75) is 49.9 Å². The topological polar surface area (TPSA) is 52.3 Å². The summed E-state index contributed by atoms with van der Waals surface area (Å²) < 4.78 is 31.8. The molecule has 8 heteroatoms. The van der Waals surface area contributed by atoms with Crippen LogP contribution in [0.3, 0.4) is 0 Å². The van der Waals surface area contributed by atoms with E-state index in [1.54, 1.807) is 0 Å². The van der Waals surface area contributed by atoms with Gasteiger partial charge in [0.25, 0.3) is 5.79 Å². The molecule has 132 valence electrons. The third-order valence-electron chi connectivity index (χ3n) is 5.01. The number of hydrogen-bond acceptors (Lipinski definition) is 4. The lowest BCUT2D eigenvalue weighted by atomic mass is 9.79. The van der Waals surface area contributed by atoms with Crippen LogP contribution in [0.5, 0.6) is 0 Å². The van der Waals surface area contributed by atoms with Crippen LogP contribution in [0.1, 0.15) is 44.1 Å². The summed E-state index contributed by atoms with van der Waals surface area (Å²) in [5, 5.41) is 8.13. The standard InChI is InChI=1S/C17H17ClF2N4O/c18-12-4-5-13(14(19)8-12)17(20,24-11-21-10-22-24)15-9-16(25-23-15)6-2-1-3-7-16/h4-5,8,10-11H,1-3,6-7,9H2. The van der Waals surface area contributed by atoms with Crippen molar-refractivity contribution < 1.29 is 13.6 Å². The van der Waals surface area contributed by atoms with Crippen LogP contribution in [-0.2, 0) is 10.6 Å². The first kappa shape index (κ1) is 16.4. The van der Waals surface area contributed by atoms with Crippen LogP contribution in [0.2, 0.25) is 5.02 Å². The predicted octanol–water partition coefficient (Wildman–Crippen LogP) is 4.22. The third-order valence-corrected chi connectivity index (χ3v) is 5.24. The highest BCUT2D eigenvalue weighted by molar-refractivity contribution is 6.30. The molecule has 0 bridgehead atoms. The van der Waals surface area contributed by atoms with Gasteiger partial charge in [-0.15, -0.1) is 0 Å². The molecule has 1 atom stereocenters. The van der Waals surface area contributed by atoms with E-state index in [-0.39, 0.29) is 16.3 Å². The monoisotopic (exact) mass is 366 g/mol. The highest BCUT2D eigenvalue weighted by Crippen LogP contribution is 2.44. The maximum absolute atomic E-state index is 16.3. The Bertz CT molecular complexity index is 805. The molecule has 1 saturated carbocycles. The molecule has 2 aromatic rings. The number of aromatic nitrogens is 3. The van der Waals surface area contributed by atoms with Crippen LogP contribution in [0.25, 0.3) is 0 Å². The summed E-state index contributed by atoms with van der Waals surface area (Å²) in [5.41, 5.74) is -0.604. The SMILES string of the molecule is Fc1cc(Cl)ccc1C(F)(C1=NOC2(CCCCC2)C1)n1cncn1. The van der Waals surface area contributed by atoms with Gasteiger partial charge in [-0.25, -0.2) is 18.4 Å². The van der Waals surface area contributed by atoms with E-state index >= 15 is 4.39 Å². The Kier molecular flexibility index (Phi) is 3.98. The lowest BCUT2D eigenvalue weighted by molar-refractivity contribution is -0.0449. The molecular formula is C17H17ClF2N4O. The van der Waals surface area contributed by atoms with Crippen LogP contribution >= 0.6 is 11.6 Å². The van der Waals surface area contributed by atoms with Gasteiger partial charge in [-0.1, -0.05) is 23.2 Å². The number of alkyl halides is 1. The van der Waals surface area contributed by atoms with Crippen LogP contribution in [0.15, 0.2) is 36.0 Å². The van der Waals surface area contributed by atoms with Crippen molar-refractivity contribution in [2.75, 3.05) is 0 Å². The molecule has 1 spiro atoms. The minimum atomic E-state index is -2.41. The van der Waals surface area contributed by atoms with Gasteiger partial charge in [-0.05, 0) is 43.9 Å². The molecule has 0 N–H and O–H groups in total. The molecule has 1 fully saturated rings. The Balaban J connectivity index is 1.77. The van der Waals surface area contributed by atoms with E-state index in [9.17, 15) is 4.39 Å². The average Bonchev–Trinajstić information content (AvgIpc) is 3.26. The second-order valence-electron chi connectivity index (χ2n) is 6.64. The van der Waals surface area contributed by atoms with Gasteiger partial charge in [0.15, 0.2) is 0 Å². The smallest absolute Gasteiger partial charge is 0.273 e. The summed E-state index contributed by atoms with van der Waals surface area (Å²) in [6, 6.07) is 3.83. The molecule has 25 heavy (non-hydrogen) atoms. The molecule has 1 aliphatic heterocycles. The fourth-order valence-electron chi connectivity index (χ4n) is 3.70. The van der Waals surface area contributed by atoms with E-state index in [1.807, 2.05) is 0 Å².